The molecule has 0 bridgehead atoms. The smallest absolute Gasteiger partial charge is 0.317 e. The molecular weight excluding hydrogens is 278 g/mol. The summed E-state index contributed by atoms with van der Waals surface area (Å²) in [7, 11) is 1.66. The summed E-state index contributed by atoms with van der Waals surface area (Å²) in [6, 6.07) is -0.295. The van der Waals surface area contributed by atoms with Gasteiger partial charge in [0.25, 0.3) is 0 Å². The lowest BCUT2D eigenvalue weighted by molar-refractivity contribution is -0.147. The van der Waals surface area contributed by atoms with Crippen molar-refractivity contribution in [3.05, 3.63) is 16.1 Å². The SMILES string of the molecule is CCC(C)(CNC(=O)N(C)Cc1csc(C)n1)C(=O)O. The van der Waals surface area contributed by atoms with Crippen LogP contribution in [0.25, 0.3) is 0 Å². The first-order valence-corrected chi connectivity index (χ1v) is 7.30. The van der Waals surface area contributed by atoms with Gasteiger partial charge in [0.2, 0.25) is 0 Å². The number of urea groups is 1. The van der Waals surface area contributed by atoms with Crippen LogP contribution in [0.5, 0.6) is 0 Å². The minimum absolute atomic E-state index is 0.109. The Morgan fingerprint density at radius 1 is 1.55 bits per heavy atom. The molecule has 1 aromatic rings. The summed E-state index contributed by atoms with van der Waals surface area (Å²) in [4.78, 5) is 28.9. The topological polar surface area (TPSA) is 82.5 Å². The zero-order valence-electron chi connectivity index (χ0n) is 12.3. The highest BCUT2D eigenvalue weighted by atomic mass is 32.1. The molecule has 1 atom stereocenters. The third-order valence-corrected chi connectivity index (χ3v) is 4.16. The molecule has 7 heteroatoms. The van der Waals surface area contributed by atoms with Crippen molar-refractivity contribution in [1.29, 1.82) is 0 Å². The minimum atomic E-state index is -0.937. The number of amides is 2. The van der Waals surface area contributed by atoms with Crippen molar-refractivity contribution >= 4 is 23.3 Å². The zero-order valence-corrected chi connectivity index (χ0v) is 13.1. The van der Waals surface area contributed by atoms with Crippen molar-refractivity contribution < 1.29 is 14.7 Å². The molecule has 1 unspecified atom stereocenters. The first kappa shape index (κ1) is 16.4. The molecule has 6 nitrogen and oxygen atoms in total. The summed E-state index contributed by atoms with van der Waals surface area (Å²) < 4.78 is 0. The molecule has 0 radical (unpaired) electrons. The van der Waals surface area contributed by atoms with Crippen LogP contribution in [0.2, 0.25) is 0 Å². The van der Waals surface area contributed by atoms with E-state index in [2.05, 4.69) is 10.3 Å². The number of nitrogens with zero attached hydrogens (tertiary/aromatic N) is 2. The minimum Gasteiger partial charge on any atom is -0.481 e. The number of nitrogens with one attached hydrogen (secondary N) is 1. The molecule has 0 aliphatic carbocycles. The second-order valence-electron chi connectivity index (χ2n) is 5.09. The third kappa shape index (κ3) is 4.19. The number of rotatable bonds is 6. The van der Waals surface area contributed by atoms with Gasteiger partial charge in [0.15, 0.2) is 0 Å². The summed E-state index contributed by atoms with van der Waals surface area (Å²) in [5.41, 5.74) is -0.102. The summed E-state index contributed by atoms with van der Waals surface area (Å²) in [6.07, 6.45) is 0.456. The van der Waals surface area contributed by atoms with E-state index in [-0.39, 0.29) is 12.6 Å². The predicted octanol–water partition coefficient (Wildman–Crippen LogP) is 2.09. The number of carbonyl (C=O) groups is 2. The van der Waals surface area contributed by atoms with E-state index < -0.39 is 11.4 Å². The van der Waals surface area contributed by atoms with E-state index in [1.165, 1.54) is 16.2 Å². The van der Waals surface area contributed by atoms with Crippen molar-refractivity contribution in [3.8, 4) is 0 Å². The number of aromatic nitrogens is 1. The quantitative estimate of drug-likeness (QED) is 0.842. The van der Waals surface area contributed by atoms with Crippen LogP contribution < -0.4 is 5.32 Å². The van der Waals surface area contributed by atoms with Gasteiger partial charge in [-0.1, -0.05) is 6.92 Å². The maximum atomic E-state index is 11.9. The van der Waals surface area contributed by atoms with E-state index >= 15 is 0 Å². The summed E-state index contributed by atoms with van der Waals surface area (Å²) in [6.45, 7) is 5.85. The first-order chi connectivity index (χ1) is 9.28. The fraction of sp³-hybridized carbons (Fsp3) is 0.615. The fourth-order valence-corrected chi connectivity index (χ4v) is 2.16. The second-order valence-corrected chi connectivity index (χ2v) is 6.15. The Morgan fingerprint density at radius 2 is 2.20 bits per heavy atom. The largest absolute Gasteiger partial charge is 0.481 e. The van der Waals surface area contributed by atoms with Gasteiger partial charge in [-0.3, -0.25) is 4.79 Å². The van der Waals surface area contributed by atoms with Gasteiger partial charge < -0.3 is 15.3 Å². The van der Waals surface area contributed by atoms with Crippen LogP contribution in [-0.2, 0) is 11.3 Å². The molecule has 1 heterocycles. The molecule has 0 saturated heterocycles. The molecule has 0 saturated carbocycles. The highest BCUT2D eigenvalue weighted by Crippen LogP contribution is 2.20. The number of thiazole rings is 1. The van der Waals surface area contributed by atoms with Gasteiger partial charge in [-0.15, -0.1) is 11.3 Å². The van der Waals surface area contributed by atoms with Crippen LogP contribution in [-0.4, -0.2) is 40.6 Å². The fourth-order valence-electron chi connectivity index (χ4n) is 1.55. The predicted molar refractivity (Wildman–Crippen MR) is 77.8 cm³/mol. The number of hydrogen-bond acceptors (Lipinski definition) is 4. The number of carbonyl (C=O) groups excluding carboxylic acids is 1. The molecule has 0 fully saturated rings. The van der Waals surface area contributed by atoms with Crippen LogP contribution in [0.4, 0.5) is 4.79 Å². The molecule has 2 amide bonds. The molecule has 0 aliphatic heterocycles. The first-order valence-electron chi connectivity index (χ1n) is 6.42. The van der Waals surface area contributed by atoms with Gasteiger partial charge in [0.05, 0.1) is 22.7 Å². The molecule has 112 valence electrons. The zero-order chi connectivity index (χ0) is 15.3. The molecule has 0 aromatic carbocycles. The molecule has 20 heavy (non-hydrogen) atoms. The molecule has 2 N–H and O–H groups in total. The second kappa shape index (κ2) is 6.69. The van der Waals surface area contributed by atoms with E-state index in [1.807, 2.05) is 12.3 Å². The van der Waals surface area contributed by atoms with Crippen molar-refractivity contribution in [2.24, 2.45) is 5.41 Å². The van der Waals surface area contributed by atoms with Crippen LogP contribution in [0, 0.1) is 12.3 Å². The number of aryl methyl sites for hydroxylation is 1. The summed E-state index contributed by atoms with van der Waals surface area (Å²) >= 11 is 1.54. The van der Waals surface area contributed by atoms with Crippen molar-refractivity contribution in [2.45, 2.75) is 33.7 Å². The van der Waals surface area contributed by atoms with Crippen molar-refractivity contribution in [1.82, 2.24) is 15.2 Å². The molecular formula is C13H21N3O3S. The Morgan fingerprint density at radius 3 is 2.65 bits per heavy atom. The highest BCUT2D eigenvalue weighted by molar-refractivity contribution is 7.09. The normalized spacial score (nSPS) is 13.6. The van der Waals surface area contributed by atoms with Crippen LogP contribution in [0.3, 0.4) is 0 Å². The Labute approximate surface area is 122 Å². The average Bonchev–Trinajstić information content (AvgIpc) is 2.80. The number of aliphatic carboxylic acids is 1. The Kier molecular flexibility index (Phi) is 5.50. The molecule has 1 rings (SSSR count). The van der Waals surface area contributed by atoms with Crippen molar-refractivity contribution in [3.63, 3.8) is 0 Å². The van der Waals surface area contributed by atoms with Crippen LogP contribution >= 0.6 is 11.3 Å². The van der Waals surface area contributed by atoms with Gasteiger partial charge >= 0.3 is 12.0 Å². The molecule has 1 aromatic heterocycles. The Bertz CT molecular complexity index is 489. The number of carboxylic acid groups (broad SMARTS) is 1. The van der Waals surface area contributed by atoms with E-state index in [0.29, 0.717) is 13.0 Å². The lowest BCUT2D eigenvalue weighted by atomic mass is 9.88. The lowest BCUT2D eigenvalue weighted by Gasteiger charge is -2.25. The lowest BCUT2D eigenvalue weighted by Crippen LogP contribution is -2.45. The van der Waals surface area contributed by atoms with Gasteiger partial charge in [0, 0.05) is 19.0 Å². The summed E-state index contributed by atoms with van der Waals surface area (Å²) in [5, 5.41) is 14.7. The van der Waals surface area contributed by atoms with Gasteiger partial charge in [-0.25, -0.2) is 9.78 Å². The number of hydrogen-bond donors (Lipinski definition) is 2. The monoisotopic (exact) mass is 299 g/mol. The maximum absolute atomic E-state index is 11.9. The van der Waals surface area contributed by atoms with Gasteiger partial charge in [0.1, 0.15) is 0 Å². The highest BCUT2D eigenvalue weighted by Gasteiger charge is 2.31. The van der Waals surface area contributed by atoms with Crippen LogP contribution in [0.1, 0.15) is 31.0 Å². The van der Waals surface area contributed by atoms with E-state index in [9.17, 15) is 9.59 Å². The maximum Gasteiger partial charge on any atom is 0.317 e. The standard InChI is InChI=1S/C13H21N3O3S/c1-5-13(3,11(17)18)8-14-12(19)16(4)6-10-7-20-9(2)15-10/h7H,5-6,8H2,1-4H3,(H,14,19)(H,17,18). The number of carboxylic acids is 1. The molecule has 0 aliphatic rings. The average molecular weight is 299 g/mol. The third-order valence-electron chi connectivity index (χ3n) is 3.34. The summed E-state index contributed by atoms with van der Waals surface area (Å²) in [5.74, 6) is -0.905. The Balaban J connectivity index is 2.52. The van der Waals surface area contributed by atoms with Gasteiger partial charge in [-0.2, -0.15) is 0 Å². The Hall–Kier alpha value is -1.63. The van der Waals surface area contributed by atoms with Crippen molar-refractivity contribution in [2.75, 3.05) is 13.6 Å². The van der Waals surface area contributed by atoms with Crippen LogP contribution in [0.15, 0.2) is 5.38 Å². The van der Waals surface area contributed by atoms with E-state index in [4.69, 9.17) is 5.11 Å². The van der Waals surface area contributed by atoms with E-state index in [1.54, 1.807) is 20.9 Å². The van der Waals surface area contributed by atoms with Gasteiger partial charge in [-0.05, 0) is 20.3 Å². The van der Waals surface area contributed by atoms with E-state index in [0.717, 1.165) is 10.7 Å². The molecule has 0 spiro atoms.